The molecule has 3 nitrogen and oxygen atoms in total. The van der Waals surface area contributed by atoms with Gasteiger partial charge in [0.1, 0.15) is 0 Å². The van der Waals surface area contributed by atoms with E-state index in [-0.39, 0.29) is 17.9 Å². The highest BCUT2D eigenvalue weighted by Crippen LogP contribution is 2.31. The maximum atomic E-state index is 11.8. The molecule has 15 heavy (non-hydrogen) atoms. The summed E-state index contributed by atoms with van der Waals surface area (Å²) in [6.45, 7) is 8.42. The van der Waals surface area contributed by atoms with Crippen LogP contribution in [0.1, 0.15) is 40.5 Å². The Morgan fingerprint density at radius 1 is 1.33 bits per heavy atom. The summed E-state index contributed by atoms with van der Waals surface area (Å²) in [5, 5.41) is 3.08. The predicted octanol–water partition coefficient (Wildman–Crippen LogP) is 1.52. The molecule has 0 heterocycles. The average molecular weight is 212 g/mol. The van der Waals surface area contributed by atoms with Crippen LogP contribution in [0.25, 0.3) is 0 Å². The molecule has 1 aliphatic rings. The van der Waals surface area contributed by atoms with Gasteiger partial charge in [0.15, 0.2) is 0 Å². The number of nitrogens with one attached hydrogen (secondary N) is 1. The van der Waals surface area contributed by atoms with Crippen LogP contribution in [0.3, 0.4) is 0 Å². The molecular weight excluding hydrogens is 188 g/mol. The standard InChI is InChI=1S/C12H24N2O/c1-7(2)11(13)12(15)14-10-6-5-8(3)9(10)4/h7-11H,5-6,13H2,1-4H3,(H,14,15). The van der Waals surface area contributed by atoms with Crippen LogP contribution >= 0.6 is 0 Å². The van der Waals surface area contributed by atoms with Crippen LogP contribution < -0.4 is 11.1 Å². The molecule has 1 aliphatic carbocycles. The van der Waals surface area contributed by atoms with Crippen LogP contribution in [-0.2, 0) is 4.79 Å². The molecule has 1 rings (SSSR count). The van der Waals surface area contributed by atoms with Gasteiger partial charge in [-0.05, 0) is 30.6 Å². The topological polar surface area (TPSA) is 55.1 Å². The van der Waals surface area contributed by atoms with Crippen LogP contribution in [0.5, 0.6) is 0 Å². The van der Waals surface area contributed by atoms with Gasteiger partial charge in [0.2, 0.25) is 5.91 Å². The van der Waals surface area contributed by atoms with E-state index in [4.69, 9.17) is 5.73 Å². The van der Waals surface area contributed by atoms with Crippen molar-refractivity contribution < 1.29 is 4.79 Å². The molecule has 0 aliphatic heterocycles. The van der Waals surface area contributed by atoms with Crippen molar-refractivity contribution in [2.75, 3.05) is 0 Å². The third kappa shape index (κ3) is 2.94. The lowest BCUT2D eigenvalue weighted by molar-refractivity contribution is -0.124. The Labute approximate surface area is 92.8 Å². The molecule has 0 radical (unpaired) electrons. The fourth-order valence-electron chi connectivity index (χ4n) is 2.15. The lowest BCUT2D eigenvalue weighted by Gasteiger charge is -2.23. The van der Waals surface area contributed by atoms with Crippen molar-refractivity contribution in [3.63, 3.8) is 0 Å². The molecule has 4 unspecified atom stereocenters. The molecule has 88 valence electrons. The van der Waals surface area contributed by atoms with Gasteiger partial charge in [-0.1, -0.05) is 27.7 Å². The van der Waals surface area contributed by atoms with Crippen molar-refractivity contribution in [2.45, 2.75) is 52.6 Å². The lowest BCUT2D eigenvalue weighted by atomic mass is 9.97. The van der Waals surface area contributed by atoms with Crippen molar-refractivity contribution in [1.29, 1.82) is 0 Å². The summed E-state index contributed by atoms with van der Waals surface area (Å²) in [4.78, 5) is 11.8. The molecule has 1 saturated carbocycles. The van der Waals surface area contributed by atoms with Crippen LogP contribution in [0.4, 0.5) is 0 Å². The monoisotopic (exact) mass is 212 g/mol. The van der Waals surface area contributed by atoms with Gasteiger partial charge < -0.3 is 11.1 Å². The van der Waals surface area contributed by atoms with Gasteiger partial charge in [-0.2, -0.15) is 0 Å². The highest BCUT2D eigenvalue weighted by molar-refractivity contribution is 5.82. The first kappa shape index (κ1) is 12.5. The Kier molecular flexibility index (Phi) is 4.14. The number of carbonyl (C=O) groups is 1. The highest BCUT2D eigenvalue weighted by atomic mass is 16.2. The van der Waals surface area contributed by atoms with Gasteiger partial charge in [-0.15, -0.1) is 0 Å². The zero-order valence-corrected chi connectivity index (χ0v) is 10.3. The van der Waals surface area contributed by atoms with E-state index >= 15 is 0 Å². The molecule has 0 aromatic heterocycles. The summed E-state index contributed by atoms with van der Waals surface area (Å²) in [5.74, 6) is 1.51. The largest absolute Gasteiger partial charge is 0.352 e. The van der Waals surface area contributed by atoms with Crippen molar-refractivity contribution in [3.05, 3.63) is 0 Å². The van der Waals surface area contributed by atoms with E-state index in [1.807, 2.05) is 13.8 Å². The molecule has 3 N–H and O–H groups in total. The van der Waals surface area contributed by atoms with Crippen LogP contribution in [0.15, 0.2) is 0 Å². The van der Waals surface area contributed by atoms with Crippen LogP contribution in [-0.4, -0.2) is 18.0 Å². The number of amides is 1. The van der Waals surface area contributed by atoms with E-state index in [1.54, 1.807) is 0 Å². The third-order valence-corrected chi connectivity index (χ3v) is 3.81. The van der Waals surface area contributed by atoms with E-state index in [1.165, 1.54) is 6.42 Å². The van der Waals surface area contributed by atoms with Crippen LogP contribution in [0, 0.1) is 17.8 Å². The van der Waals surface area contributed by atoms with E-state index in [9.17, 15) is 4.79 Å². The number of hydrogen-bond donors (Lipinski definition) is 2. The summed E-state index contributed by atoms with van der Waals surface area (Å²) in [6.07, 6.45) is 2.31. The molecule has 1 amide bonds. The maximum absolute atomic E-state index is 11.8. The number of carbonyl (C=O) groups excluding carboxylic acids is 1. The lowest BCUT2D eigenvalue weighted by Crippen LogP contribution is -2.48. The molecule has 0 saturated heterocycles. The normalized spacial score (nSPS) is 33.1. The van der Waals surface area contributed by atoms with Crippen molar-refractivity contribution in [1.82, 2.24) is 5.32 Å². The Bertz CT molecular complexity index is 228. The zero-order chi connectivity index (χ0) is 11.6. The first-order chi connectivity index (χ1) is 6.93. The molecule has 3 heteroatoms. The summed E-state index contributed by atoms with van der Waals surface area (Å²) >= 11 is 0. The Morgan fingerprint density at radius 2 is 1.93 bits per heavy atom. The van der Waals surface area contributed by atoms with Gasteiger partial charge in [0.05, 0.1) is 6.04 Å². The van der Waals surface area contributed by atoms with Crippen molar-refractivity contribution >= 4 is 5.91 Å². The molecule has 4 atom stereocenters. The molecule has 0 aromatic carbocycles. The summed E-state index contributed by atoms with van der Waals surface area (Å²) in [6, 6.07) is -0.0367. The smallest absolute Gasteiger partial charge is 0.237 e. The first-order valence-electron chi connectivity index (χ1n) is 5.99. The summed E-state index contributed by atoms with van der Waals surface area (Å²) in [7, 11) is 0. The van der Waals surface area contributed by atoms with Crippen molar-refractivity contribution in [2.24, 2.45) is 23.5 Å². The molecule has 0 aromatic rings. The average Bonchev–Trinajstić information content (AvgIpc) is 2.48. The molecule has 0 bridgehead atoms. The number of hydrogen-bond acceptors (Lipinski definition) is 2. The minimum absolute atomic E-state index is 0.0101. The van der Waals surface area contributed by atoms with E-state index in [2.05, 4.69) is 19.2 Å². The molecule has 0 spiro atoms. The maximum Gasteiger partial charge on any atom is 0.237 e. The summed E-state index contributed by atoms with van der Waals surface area (Å²) in [5.41, 5.74) is 5.81. The van der Waals surface area contributed by atoms with Gasteiger partial charge in [0, 0.05) is 6.04 Å². The van der Waals surface area contributed by atoms with E-state index in [0.717, 1.165) is 6.42 Å². The quantitative estimate of drug-likeness (QED) is 0.745. The van der Waals surface area contributed by atoms with Gasteiger partial charge in [-0.25, -0.2) is 0 Å². The molecule has 1 fully saturated rings. The van der Waals surface area contributed by atoms with Gasteiger partial charge >= 0.3 is 0 Å². The third-order valence-electron chi connectivity index (χ3n) is 3.81. The summed E-state index contributed by atoms with van der Waals surface area (Å²) < 4.78 is 0. The van der Waals surface area contributed by atoms with Gasteiger partial charge in [0.25, 0.3) is 0 Å². The van der Waals surface area contributed by atoms with E-state index < -0.39 is 0 Å². The number of rotatable bonds is 3. The zero-order valence-electron chi connectivity index (χ0n) is 10.3. The first-order valence-corrected chi connectivity index (χ1v) is 5.99. The second kappa shape index (κ2) is 4.97. The Balaban J connectivity index is 2.45. The SMILES string of the molecule is CC(C)C(N)C(=O)NC1CCC(C)C1C. The fourth-order valence-corrected chi connectivity index (χ4v) is 2.15. The van der Waals surface area contributed by atoms with Gasteiger partial charge in [-0.3, -0.25) is 4.79 Å². The molecular formula is C12H24N2O. The number of nitrogens with two attached hydrogens (primary N) is 1. The second-order valence-electron chi connectivity index (χ2n) is 5.30. The van der Waals surface area contributed by atoms with Crippen molar-refractivity contribution in [3.8, 4) is 0 Å². The van der Waals surface area contributed by atoms with Crippen LogP contribution in [0.2, 0.25) is 0 Å². The van der Waals surface area contributed by atoms with E-state index in [0.29, 0.717) is 17.9 Å². The predicted molar refractivity (Wildman–Crippen MR) is 62.3 cm³/mol. The minimum atomic E-state index is -0.367. The Hall–Kier alpha value is -0.570. The fraction of sp³-hybridized carbons (Fsp3) is 0.917. The second-order valence-corrected chi connectivity index (χ2v) is 5.30. The Morgan fingerprint density at radius 3 is 2.33 bits per heavy atom. The highest BCUT2D eigenvalue weighted by Gasteiger charge is 2.32. The minimum Gasteiger partial charge on any atom is -0.352 e.